The van der Waals surface area contributed by atoms with Gasteiger partial charge in [0.05, 0.1) is 6.61 Å². The van der Waals surface area contributed by atoms with Crippen LogP contribution < -0.4 is 4.74 Å². The molecule has 2 heteroatoms. The summed E-state index contributed by atoms with van der Waals surface area (Å²) in [6.45, 7) is 4.84. The van der Waals surface area contributed by atoms with Gasteiger partial charge in [0, 0.05) is 5.88 Å². The van der Waals surface area contributed by atoms with Gasteiger partial charge in [-0.25, -0.2) is 0 Å². The fourth-order valence-corrected chi connectivity index (χ4v) is 1.31. The molecule has 1 aromatic carbocycles. The predicted molar refractivity (Wildman–Crippen MR) is 56.7 cm³/mol. The van der Waals surface area contributed by atoms with Crippen LogP contribution in [0.1, 0.15) is 17.5 Å². The second kappa shape index (κ2) is 5.13. The monoisotopic (exact) mass is 198 g/mol. The highest BCUT2D eigenvalue weighted by Gasteiger charge is 1.98. The quantitative estimate of drug-likeness (QED) is 0.533. The molecule has 1 aromatic rings. The summed E-state index contributed by atoms with van der Waals surface area (Å²) in [6, 6.07) is 6.19. The molecule has 0 bridgehead atoms. The van der Waals surface area contributed by atoms with Crippen LogP contribution in [0.4, 0.5) is 0 Å². The smallest absolute Gasteiger partial charge is 0.122 e. The maximum Gasteiger partial charge on any atom is 0.122 e. The van der Waals surface area contributed by atoms with E-state index >= 15 is 0 Å². The molecule has 0 aliphatic carbocycles. The van der Waals surface area contributed by atoms with Gasteiger partial charge in [0.15, 0.2) is 0 Å². The minimum absolute atomic E-state index is 0.658. The average Bonchev–Trinajstić information content (AvgIpc) is 2.09. The Morgan fingerprint density at radius 1 is 1.31 bits per heavy atom. The number of halogens is 1. The van der Waals surface area contributed by atoms with E-state index in [1.807, 2.05) is 6.07 Å². The van der Waals surface area contributed by atoms with E-state index in [9.17, 15) is 0 Å². The van der Waals surface area contributed by atoms with Crippen molar-refractivity contribution in [2.45, 2.75) is 20.3 Å². The van der Waals surface area contributed by atoms with Crippen molar-refractivity contribution in [3.8, 4) is 5.75 Å². The van der Waals surface area contributed by atoms with Crippen LogP contribution in [0.5, 0.6) is 5.75 Å². The summed E-state index contributed by atoms with van der Waals surface area (Å²) in [5.41, 5.74) is 2.46. The van der Waals surface area contributed by atoms with E-state index in [-0.39, 0.29) is 0 Å². The first-order chi connectivity index (χ1) is 6.24. The summed E-state index contributed by atoms with van der Waals surface area (Å²) in [5.74, 6) is 1.63. The standard InChI is InChI=1S/C11H15ClO/c1-9-4-5-11(10(2)8-9)13-7-3-6-12/h4-5,8H,3,6-7H2,1-2H3. The molecule has 0 spiro atoms. The Labute approximate surface area is 84.7 Å². The van der Waals surface area contributed by atoms with Crippen molar-refractivity contribution in [1.82, 2.24) is 0 Å². The van der Waals surface area contributed by atoms with Crippen molar-refractivity contribution < 1.29 is 4.74 Å². The second-order valence-electron chi connectivity index (χ2n) is 3.16. The van der Waals surface area contributed by atoms with Gasteiger partial charge in [0.2, 0.25) is 0 Å². The van der Waals surface area contributed by atoms with Gasteiger partial charge < -0.3 is 4.74 Å². The van der Waals surface area contributed by atoms with Crippen LogP contribution in [0.2, 0.25) is 0 Å². The first kappa shape index (κ1) is 10.4. The molecule has 0 atom stereocenters. The Morgan fingerprint density at radius 3 is 2.69 bits per heavy atom. The summed E-state index contributed by atoms with van der Waals surface area (Å²) < 4.78 is 5.55. The first-order valence-electron chi connectivity index (χ1n) is 4.50. The van der Waals surface area contributed by atoms with E-state index in [1.54, 1.807) is 0 Å². The minimum Gasteiger partial charge on any atom is -0.493 e. The molecule has 0 aromatic heterocycles. The third-order valence-corrected chi connectivity index (χ3v) is 2.13. The number of rotatable bonds is 4. The Morgan fingerprint density at radius 2 is 2.08 bits per heavy atom. The van der Waals surface area contributed by atoms with E-state index < -0.39 is 0 Å². The van der Waals surface area contributed by atoms with E-state index in [4.69, 9.17) is 16.3 Å². The van der Waals surface area contributed by atoms with Gasteiger partial charge in [-0.2, -0.15) is 0 Å². The molecule has 0 aliphatic heterocycles. The zero-order valence-corrected chi connectivity index (χ0v) is 8.90. The van der Waals surface area contributed by atoms with E-state index in [2.05, 4.69) is 26.0 Å². The van der Waals surface area contributed by atoms with Gasteiger partial charge in [-0.05, 0) is 31.9 Å². The molecule has 0 radical (unpaired) electrons. The average molecular weight is 199 g/mol. The zero-order chi connectivity index (χ0) is 9.68. The summed E-state index contributed by atoms with van der Waals surface area (Å²) in [7, 11) is 0. The molecule has 0 fully saturated rings. The third-order valence-electron chi connectivity index (χ3n) is 1.87. The molecule has 1 rings (SSSR count). The van der Waals surface area contributed by atoms with Gasteiger partial charge in [-0.1, -0.05) is 17.7 Å². The van der Waals surface area contributed by atoms with Crippen LogP contribution in [0.25, 0.3) is 0 Å². The number of benzene rings is 1. The molecule has 0 heterocycles. The molecular formula is C11H15ClO. The summed E-state index contributed by atoms with van der Waals surface area (Å²) in [6.07, 6.45) is 0.898. The van der Waals surface area contributed by atoms with Crippen molar-refractivity contribution in [1.29, 1.82) is 0 Å². The van der Waals surface area contributed by atoms with Gasteiger partial charge in [0.25, 0.3) is 0 Å². The van der Waals surface area contributed by atoms with Crippen LogP contribution in [-0.4, -0.2) is 12.5 Å². The topological polar surface area (TPSA) is 9.23 Å². The molecule has 0 aliphatic rings. The number of hydrogen-bond acceptors (Lipinski definition) is 1. The number of alkyl halides is 1. The van der Waals surface area contributed by atoms with Crippen LogP contribution in [0, 0.1) is 13.8 Å². The molecular weight excluding hydrogens is 184 g/mol. The molecule has 0 saturated carbocycles. The summed E-state index contributed by atoms with van der Waals surface area (Å²) in [5, 5.41) is 0. The third kappa shape index (κ3) is 3.27. The zero-order valence-electron chi connectivity index (χ0n) is 8.14. The first-order valence-corrected chi connectivity index (χ1v) is 5.03. The molecule has 0 amide bonds. The van der Waals surface area contributed by atoms with Gasteiger partial charge >= 0.3 is 0 Å². The highest BCUT2D eigenvalue weighted by Crippen LogP contribution is 2.18. The molecule has 0 N–H and O–H groups in total. The van der Waals surface area contributed by atoms with Crippen LogP contribution in [0.15, 0.2) is 18.2 Å². The SMILES string of the molecule is Cc1ccc(OCCCCl)c(C)c1. The van der Waals surface area contributed by atoms with E-state index in [1.165, 1.54) is 11.1 Å². The number of hydrogen-bond donors (Lipinski definition) is 0. The van der Waals surface area contributed by atoms with Crippen LogP contribution >= 0.6 is 11.6 Å². The lowest BCUT2D eigenvalue weighted by molar-refractivity contribution is 0.316. The maximum absolute atomic E-state index is 5.55. The lowest BCUT2D eigenvalue weighted by Gasteiger charge is -2.08. The number of ether oxygens (including phenoxy) is 1. The maximum atomic E-state index is 5.55. The van der Waals surface area contributed by atoms with E-state index in [0.29, 0.717) is 12.5 Å². The van der Waals surface area contributed by atoms with E-state index in [0.717, 1.165) is 12.2 Å². The molecule has 13 heavy (non-hydrogen) atoms. The molecule has 0 unspecified atom stereocenters. The summed E-state index contributed by atoms with van der Waals surface area (Å²) in [4.78, 5) is 0. The van der Waals surface area contributed by atoms with Gasteiger partial charge in [0.1, 0.15) is 5.75 Å². The summed E-state index contributed by atoms with van der Waals surface area (Å²) >= 11 is 5.55. The van der Waals surface area contributed by atoms with Crippen molar-refractivity contribution in [2.75, 3.05) is 12.5 Å². The molecule has 1 nitrogen and oxygen atoms in total. The highest BCUT2D eigenvalue weighted by atomic mass is 35.5. The lowest BCUT2D eigenvalue weighted by Crippen LogP contribution is -1.99. The van der Waals surface area contributed by atoms with Crippen molar-refractivity contribution in [2.24, 2.45) is 0 Å². The predicted octanol–water partition coefficient (Wildman–Crippen LogP) is 3.31. The van der Waals surface area contributed by atoms with Crippen LogP contribution in [-0.2, 0) is 0 Å². The minimum atomic E-state index is 0.658. The normalized spacial score (nSPS) is 10.1. The molecule has 72 valence electrons. The Bertz CT molecular complexity index is 271. The lowest BCUT2D eigenvalue weighted by atomic mass is 10.1. The number of aryl methyl sites for hydroxylation is 2. The fraction of sp³-hybridized carbons (Fsp3) is 0.455. The van der Waals surface area contributed by atoms with Gasteiger partial charge in [-0.3, -0.25) is 0 Å². The van der Waals surface area contributed by atoms with Crippen molar-refractivity contribution in [3.63, 3.8) is 0 Å². The Balaban J connectivity index is 2.56. The van der Waals surface area contributed by atoms with Crippen molar-refractivity contribution in [3.05, 3.63) is 29.3 Å². The second-order valence-corrected chi connectivity index (χ2v) is 3.54. The largest absolute Gasteiger partial charge is 0.493 e. The Kier molecular flexibility index (Phi) is 4.10. The fourth-order valence-electron chi connectivity index (χ4n) is 1.20. The van der Waals surface area contributed by atoms with Crippen molar-refractivity contribution >= 4 is 11.6 Å². The Hall–Kier alpha value is -0.690. The molecule has 0 saturated heterocycles. The highest BCUT2D eigenvalue weighted by molar-refractivity contribution is 6.17. The van der Waals surface area contributed by atoms with Gasteiger partial charge in [-0.15, -0.1) is 11.6 Å². The van der Waals surface area contributed by atoms with Crippen LogP contribution in [0.3, 0.4) is 0 Å².